The van der Waals surface area contributed by atoms with Crippen LogP contribution in [0.1, 0.15) is 27.7 Å². The highest BCUT2D eigenvalue weighted by Crippen LogP contribution is 2.14. The molecule has 1 aromatic heterocycles. The van der Waals surface area contributed by atoms with Crippen LogP contribution in [0.25, 0.3) is 0 Å². The van der Waals surface area contributed by atoms with Crippen molar-refractivity contribution in [2.75, 3.05) is 0 Å². The number of nitrogens with zero attached hydrogens (tertiary/aromatic N) is 1. The molecule has 0 aliphatic rings. The SMILES string of the molecule is CCc1ccc(C(=O)c2cncs2)cc1. The number of carbonyl (C=O) groups excluding carboxylic acids is 1. The minimum Gasteiger partial charge on any atom is -0.288 e. The topological polar surface area (TPSA) is 30.0 Å². The van der Waals surface area contributed by atoms with Crippen LogP contribution in [0.15, 0.2) is 36.0 Å². The summed E-state index contributed by atoms with van der Waals surface area (Å²) in [5, 5.41) is 0. The Kier molecular flexibility index (Phi) is 2.92. The Bertz CT molecular complexity index is 445. The maximum atomic E-state index is 11.9. The Hall–Kier alpha value is -1.48. The van der Waals surface area contributed by atoms with Crippen LogP contribution in [0.3, 0.4) is 0 Å². The monoisotopic (exact) mass is 217 g/mol. The van der Waals surface area contributed by atoms with E-state index in [0.29, 0.717) is 4.88 Å². The molecule has 0 fully saturated rings. The fourth-order valence-electron chi connectivity index (χ4n) is 1.36. The van der Waals surface area contributed by atoms with Crippen LogP contribution in [0.4, 0.5) is 0 Å². The molecule has 0 N–H and O–H groups in total. The van der Waals surface area contributed by atoms with Crippen molar-refractivity contribution in [2.24, 2.45) is 0 Å². The van der Waals surface area contributed by atoms with Crippen molar-refractivity contribution in [3.05, 3.63) is 52.0 Å². The lowest BCUT2D eigenvalue weighted by atomic mass is 10.1. The zero-order valence-electron chi connectivity index (χ0n) is 8.43. The average Bonchev–Trinajstić information content (AvgIpc) is 2.82. The van der Waals surface area contributed by atoms with E-state index in [0.717, 1.165) is 12.0 Å². The van der Waals surface area contributed by atoms with Gasteiger partial charge in [0.1, 0.15) is 0 Å². The zero-order valence-corrected chi connectivity index (χ0v) is 9.25. The summed E-state index contributed by atoms with van der Waals surface area (Å²) >= 11 is 1.38. The molecule has 0 aliphatic carbocycles. The molecule has 2 rings (SSSR count). The van der Waals surface area contributed by atoms with Crippen molar-refractivity contribution < 1.29 is 4.79 Å². The number of thiazole rings is 1. The van der Waals surface area contributed by atoms with E-state index in [4.69, 9.17) is 0 Å². The Morgan fingerprint density at radius 3 is 2.60 bits per heavy atom. The minimum atomic E-state index is 0.0557. The third kappa shape index (κ3) is 2.13. The van der Waals surface area contributed by atoms with Crippen LogP contribution in [-0.4, -0.2) is 10.8 Å². The van der Waals surface area contributed by atoms with Gasteiger partial charge in [-0.3, -0.25) is 9.78 Å². The summed E-state index contributed by atoms with van der Waals surface area (Å²) in [5.74, 6) is 0.0557. The van der Waals surface area contributed by atoms with Crippen LogP contribution >= 0.6 is 11.3 Å². The summed E-state index contributed by atoms with van der Waals surface area (Å²) in [6.45, 7) is 2.10. The van der Waals surface area contributed by atoms with Crippen molar-refractivity contribution in [2.45, 2.75) is 13.3 Å². The third-order valence-corrected chi connectivity index (χ3v) is 3.05. The van der Waals surface area contributed by atoms with E-state index in [1.807, 2.05) is 24.3 Å². The number of ketones is 1. The fourth-order valence-corrected chi connectivity index (χ4v) is 1.94. The van der Waals surface area contributed by atoms with Crippen molar-refractivity contribution in [1.82, 2.24) is 4.98 Å². The minimum absolute atomic E-state index is 0.0557. The van der Waals surface area contributed by atoms with Gasteiger partial charge in [-0.1, -0.05) is 31.2 Å². The van der Waals surface area contributed by atoms with Crippen LogP contribution in [0.2, 0.25) is 0 Å². The molecule has 2 nitrogen and oxygen atoms in total. The quantitative estimate of drug-likeness (QED) is 0.740. The number of hydrogen-bond acceptors (Lipinski definition) is 3. The second-order valence-corrected chi connectivity index (χ2v) is 4.13. The molecule has 0 unspecified atom stereocenters. The normalized spacial score (nSPS) is 10.2. The molecule has 3 heteroatoms. The Labute approximate surface area is 92.6 Å². The molecule has 0 bridgehead atoms. The van der Waals surface area contributed by atoms with E-state index in [2.05, 4.69) is 11.9 Å². The molecule has 0 saturated heterocycles. The van der Waals surface area contributed by atoms with Gasteiger partial charge < -0.3 is 0 Å². The Balaban J connectivity index is 2.27. The van der Waals surface area contributed by atoms with Crippen LogP contribution in [0.5, 0.6) is 0 Å². The van der Waals surface area contributed by atoms with Crippen molar-refractivity contribution in [1.29, 1.82) is 0 Å². The fraction of sp³-hybridized carbons (Fsp3) is 0.167. The molecule has 0 aliphatic heterocycles. The molecular weight excluding hydrogens is 206 g/mol. The predicted molar refractivity (Wildman–Crippen MR) is 61.4 cm³/mol. The smallest absolute Gasteiger partial charge is 0.204 e. The first-order valence-electron chi connectivity index (χ1n) is 4.83. The number of benzene rings is 1. The lowest BCUT2D eigenvalue weighted by Gasteiger charge is -1.99. The van der Waals surface area contributed by atoms with E-state index in [-0.39, 0.29) is 5.78 Å². The predicted octanol–water partition coefficient (Wildman–Crippen LogP) is 2.94. The molecule has 0 spiro atoms. The van der Waals surface area contributed by atoms with Gasteiger partial charge in [0.25, 0.3) is 0 Å². The number of aromatic nitrogens is 1. The average molecular weight is 217 g/mol. The number of carbonyl (C=O) groups is 1. The summed E-state index contributed by atoms with van der Waals surface area (Å²) in [7, 11) is 0. The van der Waals surface area contributed by atoms with E-state index in [1.54, 1.807) is 11.7 Å². The van der Waals surface area contributed by atoms with Crippen LogP contribution in [-0.2, 0) is 6.42 Å². The third-order valence-electron chi connectivity index (χ3n) is 2.28. The summed E-state index contributed by atoms with van der Waals surface area (Å²) in [4.78, 5) is 16.5. The molecule has 0 radical (unpaired) electrons. The highest BCUT2D eigenvalue weighted by Gasteiger charge is 2.09. The van der Waals surface area contributed by atoms with Gasteiger partial charge in [0.2, 0.25) is 5.78 Å². The van der Waals surface area contributed by atoms with Gasteiger partial charge in [-0.2, -0.15) is 0 Å². The summed E-state index contributed by atoms with van der Waals surface area (Å²) in [5.41, 5.74) is 3.65. The molecule has 1 heterocycles. The van der Waals surface area contributed by atoms with Gasteiger partial charge in [-0.05, 0) is 12.0 Å². The summed E-state index contributed by atoms with van der Waals surface area (Å²) in [6, 6.07) is 7.74. The largest absolute Gasteiger partial charge is 0.288 e. The lowest BCUT2D eigenvalue weighted by Crippen LogP contribution is -1.98. The summed E-state index contributed by atoms with van der Waals surface area (Å²) in [6.07, 6.45) is 2.61. The van der Waals surface area contributed by atoms with Gasteiger partial charge in [-0.25, -0.2) is 0 Å². The number of rotatable bonds is 3. The van der Waals surface area contributed by atoms with Crippen molar-refractivity contribution in [3.63, 3.8) is 0 Å². The number of aryl methyl sites for hydroxylation is 1. The van der Waals surface area contributed by atoms with Gasteiger partial charge in [0.05, 0.1) is 10.4 Å². The van der Waals surface area contributed by atoms with Gasteiger partial charge >= 0.3 is 0 Å². The summed E-state index contributed by atoms with van der Waals surface area (Å²) < 4.78 is 0. The first kappa shape index (κ1) is 10.1. The van der Waals surface area contributed by atoms with Crippen molar-refractivity contribution in [3.8, 4) is 0 Å². The molecule has 1 aromatic carbocycles. The molecule has 0 saturated carbocycles. The first-order chi connectivity index (χ1) is 7.31. The molecule has 0 amide bonds. The molecule has 15 heavy (non-hydrogen) atoms. The van der Waals surface area contributed by atoms with Gasteiger partial charge in [0.15, 0.2) is 0 Å². The van der Waals surface area contributed by atoms with Gasteiger partial charge in [0, 0.05) is 11.8 Å². The van der Waals surface area contributed by atoms with Crippen LogP contribution < -0.4 is 0 Å². The van der Waals surface area contributed by atoms with E-state index in [9.17, 15) is 4.79 Å². The van der Waals surface area contributed by atoms with Crippen LogP contribution in [0, 0.1) is 0 Å². The second-order valence-electron chi connectivity index (χ2n) is 3.25. The highest BCUT2D eigenvalue weighted by atomic mass is 32.1. The first-order valence-corrected chi connectivity index (χ1v) is 5.71. The van der Waals surface area contributed by atoms with E-state index >= 15 is 0 Å². The van der Waals surface area contributed by atoms with Crippen molar-refractivity contribution >= 4 is 17.1 Å². The molecular formula is C12H11NOS. The lowest BCUT2D eigenvalue weighted by molar-refractivity contribution is 0.104. The molecule has 0 atom stereocenters. The van der Waals surface area contributed by atoms with E-state index < -0.39 is 0 Å². The molecule has 76 valence electrons. The Morgan fingerprint density at radius 1 is 1.33 bits per heavy atom. The second kappa shape index (κ2) is 4.36. The number of hydrogen-bond donors (Lipinski definition) is 0. The maximum Gasteiger partial charge on any atom is 0.204 e. The molecule has 2 aromatic rings. The van der Waals surface area contributed by atoms with E-state index in [1.165, 1.54) is 16.9 Å². The standard InChI is InChI=1S/C12H11NOS/c1-2-9-3-5-10(6-4-9)12(14)11-7-13-8-15-11/h3-8H,2H2,1H3. The highest BCUT2D eigenvalue weighted by molar-refractivity contribution is 7.11. The zero-order chi connectivity index (χ0) is 10.7. The van der Waals surface area contributed by atoms with Gasteiger partial charge in [-0.15, -0.1) is 11.3 Å². The maximum absolute atomic E-state index is 11.9. The Morgan fingerprint density at radius 2 is 2.07 bits per heavy atom.